The van der Waals surface area contributed by atoms with Crippen LogP contribution in [0, 0.1) is 0 Å². The number of aromatic hydroxyl groups is 1. The highest BCUT2D eigenvalue weighted by Gasteiger charge is 2.31. The fraction of sp³-hybridized carbons (Fsp3) is 0.276. The Labute approximate surface area is 240 Å². The Balaban J connectivity index is 1.20. The van der Waals surface area contributed by atoms with E-state index in [4.69, 9.17) is 0 Å². The van der Waals surface area contributed by atoms with Crippen LogP contribution in [-0.4, -0.2) is 72.6 Å². The molecule has 9 nitrogen and oxygen atoms in total. The van der Waals surface area contributed by atoms with Gasteiger partial charge in [0.25, 0.3) is 5.91 Å². The first-order valence-electron chi connectivity index (χ1n) is 13.2. The number of carbonyl (C=O) groups excluding carboxylic acids is 1. The number of hydrogen-bond acceptors (Lipinski definition) is 8. The summed E-state index contributed by atoms with van der Waals surface area (Å²) in [6.07, 6.45) is -6.22. The molecule has 2 heterocycles. The molecule has 0 bridgehead atoms. The lowest BCUT2D eigenvalue weighted by atomic mass is 9.94. The molecule has 13 heteroatoms. The lowest BCUT2D eigenvalue weighted by Gasteiger charge is -2.35. The van der Waals surface area contributed by atoms with Gasteiger partial charge in [-0.15, -0.1) is 10.2 Å². The molecule has 1 aromatic heterocycles. The number of benzene rings is 3. The molecule has 5 rings (SSSR count). The number of nitrogens with one attached hydrogen (secondary N) is 1. The Hall–Kier alpha value is -4.23. The molecule has 0 atom stereocenters. The average molecular weight is 600 g/mol. The number of piperazine rings is 1. The molecule has 220 valence electrons. The van der Waals surface area contributed by atoms with Crippen molar-refractivity contribution in [2.45, 2.75) is 19.1 Å². The standard InChI is InChI=1S/C29H28F3N5O4S/c30-29(31,32)12-17-42(40,41)35-28(39)26-10-11-27(34-33-26)37-15-13-36(14-16-37)19-21-8-9-24(20-4-3-5-22(38)18-20)25-7-2-1-6-23(21)25/h1-11,18,38H,12-17,19H2,(H,35,39). The van der Waals surface area contributed by atoms with Crippen molar-refractivity contribution >= 4 is 32.5 Å². The van der Waals surface area contributed by atoms with Crippen molar-refractivity contribution in [3.8, 4) is 16.9 Å². The molecule has 0 radical (unpaired) electrons. The molecule has 0 saturated carbocycles. The number of phenols is 1. The Bertz CT molecular complexity index is 1690. The van der Waals surface area contributed by atoms with Crippen molar-refractivity contribution in [3.05, 3.63) is 84.1 Å². The second-order valence-electron chi connectivity index (χ2n) is 10.0. The first-order valence-corrected chi connectivity index (χ1v) is 14.9. The first-order chi connectivity index (χ1) is 20.0. The second kappa shape index (κ2) is 11.9. The summed E-state index contributed by atoms with van der Waals surface area (Å²) >= 11 is 0. The van der Waals surface area contributed by atoms with Gasteiger partial charge in [-0.1, -0.05) is 48.5 Å². The summed E-state index contributed by atoms with van der Waals surface area (Å²) < 4.78 is 62.2. The van der Waals surface area contributed by atoms with E-state index in [1.807, 2.05) is 29.2 Å². The van der Waals surface area contributed by atoms with Crippen LogP contribution in [0.2, 0.25) is 0 Å². The van der Waals surface area contributed by atoms with Gasteiger partial charge in [0.1, 0.15) is 5.75 Å². The number of carbonyl (C=O) groups is 1. The van der Waals surface area contributed by atoms with Gasteiger partial charge in [-0.05, 0) is 51.7 Å². The number of sulfonamides is 1. The Morgan fingerprint density at radius 3 is 2.31 bits per heavy atom. The molecular formula is C29H28F3N5O4S. The molecule has 0 unspecified atom stereocenters. The lowest BCUT2D eigenvalue weighted by Crippen LogP contribution is -2.46. The van der Waals surface area contributed by atoms with E-state index in [-0.39, 0.29) is 11.4 Å². The van der Waals surface area contributed by atoms with Crippen LogP contribution in [0.5, 0.6) is 5.75 Å². The van der Waals surface area contributed by atoms with Crippen LogP contribution in [0.15, 0.2) is 72.8 Å². The number of halogens is 3. The zero-order chi connectivity index (χ0) is 29.9. The molecule has 0 aliphatic carbocycles. The summed E-state index contributed by atoms with van der Waals surface area (Å²) in [7, 11) is -4.47. The van der Waals surface area contributed by atoms with Crippen LogP contribution in [-0.2, 0) is 16.6 Å². The van der Waals surface area contributed by atoms with Gasteiger partial charge in [0.2, 0.25) is 10.0 Å². The van der Waals surface area contributed by atoms with E-state index in [0.29, 0.717) is 18.9 Å². The van der Waals surface area contributed by atoms with Crippen molar-refractivity contribution in [3.63, 3.8) is 0 Å². The summed E-state index contributed by atoms with van der Waals surface area (Å²) in [4.78, 5) is 16.5. The third-order valence-electron chi connectivity index (χ3n) is 7.05. The number of aromatic nitrogens is 2. The van der Waals surface area contributed by atoms with Crippen molar-refractivity contribution in [1.82, 2.24) is 19.8 Å². The molecule has 2 N–H and O–H groups in total. The minimum absolute atomic E-state index is 0.217. The number of fused-ring (bicyclic) bond motifs is 1. The third-order valence-corrected chi connectivity index (χ3v) is 8.29. The van der Waals surface area contributed by atoms with Crippen LogP contribution in [0.4, 0.5) is 19.0 Å². The lowest BCUT2D eigenvalue weighted by molar-refractivity contribution is -0.130. The maximum Gasteiger partial charge on any atom is 0.390 e. The normalized spacial score (nSPS) is 14.7. The van der Waals surface area contributed by atoms with Gasteiger partial charge in [-0.2, -0.15) is 13.2 Å². The van der Waals surface area contributed by atoms with Gasteiger partial charge in [-0.3, -0.25) is 9.69 Å². The van der Waals surface area contributed by atoms with Gasteiger partial charge < -0.3 is 10.0 Å². The molecule has 1 aliphatic rings. The highest BCUT2D eigenvalue weighted by molar-refractivity contribution is 7.90. The van der Waals surface area contributed by atoms with Crippen LogP contribution in [0.1, 0.15) is 22.5 Å². The first kappa shape index (κ1) is 29.3. The fourth-order valence-corrected chi connectivity index (χ4v) is 5.90. The van der Waals surface area contributed by atoms with Gasteiger partial charge in [0, 0.05) is 32.7 Å². The zero-order valence-corrected chi connectivity index (χ0v) is 23.2. The summed E-state index contributed by atoms with van der Waals surface area (Å²) in [5.41, 5.74) is 2.86. The molecule has 4 aromatic rings. The van der Waals surface area contributed by atoms with Crippen molar-refractivity contribution < 1.29 is 31.5 Å². The van der Waals surface area contributed by atoms with Crippen LogP contribution >= 0.6 is 0 Å². The number of alkyl halides is 3. The molecule has 1 fully saturated rings. The van der Waals surface area contributed by atoms with E-state index in [1.165, 1.54) is 17.7 Å². The summed E-state index contributed by atoms with van der Waals surface area (Å²) in [6, 6.07) is 22.4. The van der Waals surface area contributed by atoms with Crippen LogP contribution < -0.4 is 9.62 Å². The van der Waals surface area contributed by atoms with Gasteiger partial charge in [0.15, 0.2) is 11.5 Å². The quantitative estimate of drug-likeness (QED) is 0.308. The van der Waals surface area contributed by atoms with E-state index in [0.717, 1.165) is 41.5 Å². The SMILES string of the molecule is O=C(NS(=O)(=O)CCC(F)(F)F)c1ccc(N2CCN(Cc3ccc(-c4cccc(O)c4)c4ccccc34)CC2)nn1. The average Bonchev–Trinajstić information content (AvgIpc) is 2.96. The number of anilines is 1. The summed E-state index contributed by atoms with van der Waals surface area (Å²) in [5.74, 6) is -1.67. The maximum absolute atomic E-state index is 12.3. The molecule has 0 spiro atoms. The summed E-state index contributed by atoms with van der Waals surface area (Å²) in [6.45, 7) is 3.51. The van der Waals surface area contributed by atoms with E-state index in [1.54, 1.807) is 16.9 Å². The van der Waals surface area contributed by atoms with Crippen molar-refractivity contribution in [2.24, 2.45) is 0 Å². The number of amides is 1. The third kappa shape index (κ3) is 7.15. The minimum Gasteiger partial charge on any atom is -0.508 e. The molecule has 3 aromatic carbocycles. The Morgan fingerprint density at radius 2 is 1.64 bits per heavy atom. The molecule has 1 amide bonds. The van der Waals surface area contributed by atoms with Crippen molar-refractivity contribution in [2.75, 3.05) is 36.8 Å². The Kier molecular flexibility index (Phi) is 8.32. The predicted molar refractivity (Wildman–Crippen MR) is 152 cm³/mol. The molecule has 1 aliphatic heterocycles. The van der Waals surface area contributed by atoms with Crippen LogP contribution in [0.3, 0.4) is 0 Å². The van der Waals surface area contributed by atoms with E-state index >= 15 is 0 Å². The molecule has 42 heavy (non-hydrogen) atoms. The van der Waals surface area contributed by atoms with Gasteiger partial charge in [-0.25, -0.2) is 13.1 Å². The number of rotatable bonds is 8. The highest BCUT2D eigenvalue weighted by atomic mass is 32.2. The number of phenolic OH excluding ortho intramolecular Hbond substituents is 1. The molecule has 1 saturated heterocycles. The highest BCUT2D eigenvalue weighted by Crippen LogP contribution is 2.33. The second-order valence-corrected chi connectivity index (χ2v) is 11.9. The van der Waals surface area contributed by atoms with Crippen LogP contribution in [0.25, 0.3) is 21.9 Å². The van der Waals surface area contributed by atoms with Gasteiger partial charge >= 0.3 is 6.18 Å². The van der Waals surface area contributed by atoms with E-state index in [2.05, 4.69) is 39.4 Å². The smallest absolute Gasteiger partial charge is 0.390 e. The van der Waals surface area contributed by atoms with Gasteiger partial charge in [0.05, 0.1) is 12.2 Å². The monoisotopic (exact) mass is 599 g/mol. The zero-order valence-electron chi connectivity index (χ0n) is 22.4. The van der Waals surface area contributed by atoms with Crippen molar-refractivity contribution in [1.29, 1.82) is 0 Å². The van der Waals surface area contributed by atoms with E-state index < -0.39 is 34.3 Å². The van der Waals surface area contributed by atoms with E-state index in [9.17, 15) is 31.5 Å². The number of nitrogens with zero attached hydrogens (tertiary/aromatic N) is 4. The Morgan fingerprint density at radius 1 is 0.905 bits per heavy atom. The summed E-state index contributed by atoms with van der Waals surface area (Å²) in [5, 5.41) is 20.0. The maximum atomic E-state index is 12.3. The minimum atomic E-state index is -4.66. The predicted octanol–water partition coefficient (Wildman–Crippen LogP) is 4.34. The largest absolute Gasteiger partial charge is 0.508 e. The topological polar surface area (TPSA) is 116 Å². The number of hydrogen-bond donors (Lipinski definition) is 2. The fourth-order valence-electron chi connectivity index (χ4n) is 4.91. The molecular weight excluding hydrogens is 571 g/mol.